The Kier molecular flexibility index (Phi) is 3.59. The van der Waals surface area contributed by atoms with Crippen molar-refractivity contribution in [3.63, 3.8) is 0 Å². The number of benzene rings is 1. The van der Waals surface area contributed by atoms with Crippen LogP contribution in [0.15, 0.2) is 29.1 Å². The highest BCUT2D eigenvalue weighted by Gasteiger charge is 2.24. The first-order valence-corrected chi connectivity index (χ1v) is 6.23. The van der Waals surface area contributed by atoms with Crippen LogP contribution >= 0.6 is 0 Å². The van der Waals surface area contributed by atoms with Crippen molar-refractivity contribution in [3.8, 4) is 17.0 Å². The Morgan fingerprint density at radius 3 is 2.75 bits per heavy atom. The molecule has 1 atom stereocenters. The Morgan fingerprint density at radius 1 is 1.50 bits per heavy atom. The SMILES string of the molecule is CCC(C)(N)c1nc(O)c(-c2cccc(F)c2)c(=O)[nH]1. The van der Waals surface area contributed by atoms with E-state index in [4.69, 9.17) is 5.73 Å². The highest BCUT2D eigenvalue weighted by atomic mass is 19.1. The molecule has 6 heteroatoms. The average molecular weight is 277 g/mol. The van der Waals surface area contributed by atoms with E-state index < -0.39 is 22.8 Å². The summed E-state index contributed by atoms with van der Waals surface area (Å²) in [6.45, 7) is 3.55. The third-order valence-corrected chi connectivity index (χ3v) is 3.29. The number of aromatic amines is 1. The molecule has 2 rings (SSSR count). The molecule has 1 aromatic heterocycles. The van der Waals surface area contributed by atoms with Crippen LogP contribution in [0.1, 0.15) is 26.1 Å². The third kappa shape index (κ3) is 2.55. The van der Waals surface area contributed by atoms with E-state index in [-0.39, 0.29) is 17.0 Å². The minimum Gasteiger partial charge on any atom is -0.493 e. The lowest BCUT2D eigenvalue weighted by Gasteiger charge is -2.21. The lowest BCUT2D eigenvalue weighted by molar-refractivity contribution is 0.410. The fourth-order valence-electron chi connectivity index (χ4n) is 1.80. The van der Waals surface area contributed by atoms with Crippen LogP contribution in [-0.4, -0.2) is 15.1 Å². The Morgan fingerprint density at radius 2 is 2.20 bits per heavy atom. The number of nitrogens with one attached hydrogen (secondary N) is 1. The first-order valence-electron chi connectivity index (χ1n) is 6.23. The second-order valence-electron chi connectivity index (χ2n) is 4.89. The molecule has 20 heavy (non-hydrogen) atoms. The zero-order valence-corrected chi connectivity index (χ0v) is 11.3. The van der Waals surface area contributed by atoms with Crippen LogP contribution in [0.2, 0.25) is 0 Å². The molecule has 0 saturated heterocycles. The molecule has 0 saturated carbocycles. The minimum atomic E-state index is -0.850. The van der Waals surface area contributed by atoms with Crippen LogP contribution in [-0.2, 0) is 5.54 Å². The molecular formula is C14H16FN3O2. The largest absolute Gasteiger partial charge is 0.493 e. The standard InChI is InChI=1S/C14H16FN3O2/c1-3-14(2,16)13-17-11(19)10(12(20)18-13)8-5-4-6-9(15)7-8/h4-7H,3,16H2,1-2H3,(H2,17,18,19,20). The number of rotatable bonds is 3. The quantitative estimate of drug-likeness (QED) is 0.798. The molecule has 0 radical (unpaired) electrons. The first kappa shape index (κ1) is 14.2. The summed E-state index contributed by atoms with van der Waals surface area (Å²) in [5, 5.41) is 9.97. The average Bonchev–Trinajstić information content (AvgIpc) is 2.38. The minimum absolute atomic E-state index is 0.0693. The predicted octanol–water partition coefficient (Wildman–Crippen LogP) is 1.87. The van der Waals surface area contributed by atoms with Gasteiger partial charge in [0.2, 0.25) is 5.88 Å². The van der Waals surface area contributed by atoms with Gasteiger partial charge in [-0.3, -0.25) is 4.79 Å². The van der Waals surface area contributed by atoms with Gasteiger partial charge in [0.25, 0.3) is 5.56 Å². The van der Waals surface area contributed by atoms with Gasteiger partial charge >= 0.3 is 0 Å². The normalized spacial score (nSPS) is 14.0. The zero-order chi connectivity index (χ0) is 14.9. The topological polar surface area (TPSA) is 92.0 Å². The third-order valence-electron chi connectivity index (χ3n) is 3.29. The number of H-pyrrole nitrogens is 1. The number of aromatic hydroxyl groups is 1. The van der Waals surface area contributed by atoms with E-state index >= 15 is 0 Å². The Labute approximate surface area is 115 Å². The Hall–Kier alpha value is -2.21. The van der Waals surface area contributed by atoms with Crippen molar-refractivity contribution in [2.24, 2.45) is 5.73 Å². The predicted molar refractivity (Wildman–Crippen MR) is 73.7 cm³/mol. The fraction of sp³-hybridized carbons (Fsp3) is 0.286. The van der Waals surface area contributed by atoms with Gasteiger partial charge in [0.1, 0.15) is 17.2 Å². The summed E-state index contributed by atoms with van der Waals surface area (Å²) in [7, 11) is 0. The second-order valence-corrected chi connectivity index (χ2v) is 4.89. The molecule has 0 bridgehead atoms. The molecule has 106 valence electrons. The van der Waals surface area contributed by atoms with Crippen molar-refractivity contribution < 1.29 is 9.50 Å². The van der Waals surface area contributed by atoms with E-state index in [1.54, 1.807) is 6.92 Å². The Bertz CT molecular complexity index is 695. The van der Waals surface area contributed by atoms with Crippen molar-refractivity contribution in [2.75, 3.05) is 0 Å². The summed E-state index contributed by atoms with van der Waals surface area (Å²) in [6, 6.07) is 5.39. The van der Waals surface area contributed by atoms with Crippen LogP contribution in [0.25, 0.3) is 11.1 Å². The van der Waals surface area contributed by atoms with Crippen LogP contribution in [0, 0.1) is 5.82 Å². The molecule has 0 aliphatic heterocycles. The van der Waals surface area contributed by atoms with Gasteiger partial charge < -0.3 is 15.8 Å². The van der Waals surface area contributed by atoms with E-state index in [9.17, 15) is 14.3 Å². The van der Waals surface area contributed by atoms with Crippen LogP contribution in [0.5, 0.6) is 5.88 Å². The number of halogens is 1. The molecular weight excluding hydrogens is 261 g/mol. The molecule has 4 N–H and O–H groups in total. The van der Waals surface area contributed by atoms with Crippen LogP contribution in [0.4, 0.5) is 4.39 Å². The molecule has 2 aromatic rings. The highest BCUT2D eigenvalue weighted by Crippen LogP contribution is 2.26. The molecule has 0 aliphatic carbocycles. The van der Waals surface area contributed by atoms with Gasteiger partial charge in [-0.2, -0.15) is 4.98 Å². The summed E-state index contributed by atoms with van der Waals surface area (Å²) in [4.78, 5) is 18.6. The summed E-state index contributed by atoms with van der Waals surface area (Å²) < 4.78 is 13.2. The van der Waals surface area contributed by atoms with Gasteiger partial charge in [-0.05, 0) is 31.0 Å². The molecule has 1 heterocycles. The summed E-state index contributed by atoms with van der Waals surface area (Å²) >= 11 is 0. The van der Waals surface area contributed by atoms with E-state index in [1.807, 2.05) is 6.92 Å². The maximum Gasteiger partial charge on any atom is 0.262 e. The molecule has 0 aliphatic rings. The lowest BCUT2D eigenvalue weighted by Crippen LogP contribution is -2.36. The van der Waals surface area contributed by atoms with Crippen LogP contribution in [0.3, 0.4) is 0 Å². The maximum atomic E-state index is 13.2. The molecule has 0 spiro atoms. The van der Waals surface area contributed by atoms with E-state index in [1.165, 1.54) is 18.2 Å². The maximum absolute atomic E-state index is 13.2. The molecule has 1 unspecified atom stereocenters. The summed E-state index contributed by atoms with van der Waals surface area (Å²) in [5.74, 6) is -0.760. The van der Waals surface area contributed by atoms with Gasteiger partial charge in [-0.15, -0.1) is 0 Å². The second kappa shape index (κ2) is 5.05. The lowest BCUT2D eigenvalue weighted by atomic mass is 9.99. The van der Waals surface area contributed by atoms with Gasteiger partial charge in [0, 0.05) is 0 Å². The van der Waals surface area contributed by atoms with Crippen molar-refractivity contribution in [3.05, 3.63) is 46.3 Å². The monoisotopic (exact) mass is 277 g/mol. The molecule has 1 aromatic carbocycles. The Balaban J connectivity index is 2.61. The summed E-state index contributed by atoms with van der Waals surface area (Å²) in [6.07, 6.45) is 0.536. The fourth-order valence-corrected chi connectivity index (χ4v) is 1.80. The zero-order valence-electron chi connectivity index (χ0n) is 11.3. The van der Waals surface area contributed by atoms with Crippen molar-refractivity contribution in [2.45, 2.75) is 25.8 Å². The number of nitrogens with zero attached hydrogens (tertiary/aromatic N) is 1. The van der Waals surface area contributed by atoms with Gasteiger partial charge in [-0.1, -0.05) is 19.1 Å². The number of hydrogen-bond donors (Lipinski definition) is 3. The van der Waals surface area contributed by atoms with Gasteiger partial charge in [-0.25, -0.2) is 4.39 Å². The van der Waals surface area contributed by atoms with E-state index in [2.05, 4.69) is 9.97 Å². The molecule has 0 fully saturated rings. The first-order chi connectivity index (χ1) is 9.35. The summed E-state index contributed by atoms with van der Waals surface area (Å²) in [5.41, 5.74) is 4.77. The number of hydrogen-bond acceptors (Lipinski definition) is 4. The smallest absolute Gasteiger partial charge is 0.262 e. The van der Waals surface area contributed by atoms with Crippen molar-refractivity contribution >= 4 is 0 Å². The van der Waals surface area contributed by atoms with Crippen molar-refractivity contribution in [1.82, 2.24) is 9.97 Å². The highest BCUT2D eigenvalue weighted by molar-refractivity contribution is 5.67. The van der Waals surface area contributed by atoms with E-state index in [0.29, 0.717) is 6.42 Å². The van der Waals surface area contributed by atoms with Gasteiger partial charge in [0.15, 0.2) is 0 Å². The van der Waals surface area contributed by atoms with Crippen molar-refractivity contribution in [1.29, 1.82) is 0 Å². The molecule has 0 amide bonds. The van der Waals surface area contributed by atoms with E-state index in [0.717, 1.165) is 6.07 Å². The number of aromatic nitrogens is 2. The number of nitrogens with two attached hydrogens (primary N) is 1. The molecule has 5 nitrogen and oxygen atoms in total. The van der Waals surface area contributed by atoms with Crippen LogP contribution < -0.4 is 11.3 Å². The van der Waals surface area contributed by atoms with Gasteiger partial charge in [0.05, 0.1) is 5.54 Å².